The topological polar surface area (TPSA) is 76.7 Å². The molecule has 1 N–H and O–H groups in total. The van der Waals surface area contributed by atoms with Gasteiger partial charge in [-0.15, -0.1) is 5.10 Å². The number of pyridine rings is 1. The number of tetrazole rings is 1. The minimum absolute atomic E-state index is 0.0167. The van der Waals surface area contributed by atoms with E-state index in [-0.39, 0.29) is 23.4 Å². The van der Waals surface area contributed by atoms with Gasteiger partial charge in [0.05, 0.1) is 12.1 Å². The summed E-state index contributed by atoms with van der Waals surface area (Å²) in [6.07, 6.45) is 1.43. The number of hydrogen-bond donors (Lipinski definition) is 1. The van der Waals surface area contributed by atoms with Crippen molar-refractivity contribution in [2.45, 2.75) is 30.7 Å². The van der Waals surface area contributed by atoms with E-state index in [0.717, 1.165) is 18.6 Å². The zero-order chi connectivity index (χ0) is 26.8. The van der Waals surface area contributed by atoms with E-state index in [1.165, 1.54) is 18.2 Å². The fraction of sp³-hybridized carbons (Fsp3) is 0.250. The summed E-state index contributed by atoms with van der Waals surface area (Å²) in [5.41, 5.74) is -6.76. The van der Waals surface area contributed by atoms with Crippen molar-refractivity contribution in [1.82, 2.24) is 25.2 Å². The predicted molar refractivity (Wildman–Crippen MR) is 115 cm³/mol. The molecule has 6 nitrogen and oxygen atoms in total. The summed E-state index contributed by atoms with van der Waals surface area (Å²) in [6, 6.07) is 2.87. The van der Waals surface area contributed by atoms with Gasteiger partial charge in [-0.05, 0) is 53.3 Å². The first-order valence-electron chi connectivity index (χ1n) is 10.6. The first-order valence-corrected chi connectivity index (χ1v) is 10.6. The molecule has 192 valence electrons. The van der Waals surface area contributed by atoms with Crippen LogP contribution in [0.2, 0.25) is 0 Å². The quantitative estimate of drug-likeness (QED) is 0.388. The molecule has 1 aliphatic rings. The largest absolute Gasteiger partial charge is 0.416 e. The lowest BCUT2D eigenvalue weighted by atomic mass is 9.84. The lowest BCUT2D eigenvalue weighted by Crippen LogP contribution is -2.48. The van der Waals surface area contributed by atoms with Crippen LogP contribution in [0.3, 0.4) is 0 Å². The van der Waals surface area contributed by atoms with Crippen molar-refractivity contribution in [2.24, 2.45) is 5.92 Å². The number of hydrogen-bond acceptors (Lipinski definition) is 5. The summed E-state index contributed by atoms with van der Waals surface area (Å²) in [7, 11) is 0. The molecule has 0 radical (unpaired) electrons. The third-order valence-electron chi connectivity index (χ3n) is 5.59. The van der Waals surface area contributed by atoms with Crippen LogP contribution >= 0.6 is 0 Å². The van der Waals surface area contributed by atoms with Gasteiger partial charge in [0.2, 0.25) is 0 Å². The Morgan fingerprint density at radius 2 is 1.86 bits per heavy atom. The Morgan fingerprint density at radius 1 is 1.08 bits per heavy atom. The molecule has 0 fully saturated rings. The van der Waals surface area contributed by atoms with Crippen LogP contribution in [0.25, 0.3) is 0 Å². The maximum atomic E-state index is 15.8. The molecule has 13 heteroatoms. The summed E-state index contributed by atoms with van der Waals surface area (Å²) in [4.78, 5) is 3.67. The number of rotatable bonds is 5. The number of benzene rings is 1. The number of nitrogens with zero attached hydrogens (tertiary/aromatic N) is 5. The van der Waals surface area contributed by atoms with Crippen molar-refractivity contribution in [3.05, 3.63) is 95.1 Å². The number of halogens is 7. The van der Waals surface area contributed by atoms with Gasteiger partial charge in [0.1, 0.15) is 23.7 Å². The summed E-state index contributed by atoms with van der Waals surface area (Å²) >= 11 is 0. The first-order chi connectivity index (χ1) is 17.4. The van der Waals surface area contributed by atoms with E-state index in [4.69, 9.17) is 0 Å². The zero-order valence-corrected chi connectivity index (χ0v) is 18.6. The van der Waals surface area contributed by atoms with E-state index in [2.05, 4.69) is 32.4 Å². The highest BCUT2D eigenvalue weighted by atomic mass is 19.4. The molecule has 4 rings (SSSR count). The molecular weight excluding hydrogens is 507 g/mol. The van der Waals surface area contributed by atoms with Crippen LogP contribution in [0.15, 0.2) is 66.9 Å². The lowest BCUT2D eigenvalue weighted by molar-refractivity contribution is -0.207. The molecule has 37 heavy (non-hydrogen) atoms. The molecule has 2 atom stereocenters. The molecule has 0 bridgehead atoms. The van der Waals surface area contributed by atoms with Crippen molar-refractivity contribution >= 4 is 0 Å². The fourth-order valence-corrected chi connectivity index (χ4v) is 3.61. The molecule has 2 unspecified atom stereocenters. The van der Waals surface area contributed by atoms with Crippen molar-refractivity contribution in [1.29, 1.82) is 0 Å². The van der Waals surface area contributed by atoms with Crippen molar-refractivity contribution in [2.75, 3.05) is 0 Å². The van der Waals surface area contributed by atoms with Gasteiger partial charge in [-0.2, -0.15) is 22.0 Å². The van der Waals surface area contributed by atoms with E-state index >= 15 is 8.78 Å². The van der Waals surface area contributed by atoms with Crippen LogP contribution in [0, 0.1) is 23.6 Å². The molecule has 3 aromatic rings. The van der Waals surface area contributed by atoms with Crippen molar-refractivity contribution in [3.8, 4) is 11.8 Å². The Bertz CT molecular complexity index is 1390. The maximum absolute atomic E-state index is 15.8. The smallest absolute Gasteiger partial charge is 0.377 e. The summed E-state index contributed by atoms with van der Waals surface area (Å²) in [6.45, 7) is -1.11. The maximum Gasteiger partial charge on any atom is 0.416 e. The third kappa shape index (κ3) is 5.39. The van der Waals surface area contributed by atoms with Gasteiger partial charge in [-0.3, -0.25) is 4.98 Å². The highest BCUT2D eigenvalue weighted by Gasteiger charge is 2.58. The van der Waals surface area contributed by atoms with E-state index in [0.29, 0.717) is 23.2 Å². The number of aromatic nitrogens is 5. The molecule has 2 aromatic heterocycles. The van der Waals surface area contributed by atoms with Gasteiger partial charge >= 0.3 is 12.1 Å². The predicted octanol–water partition coefficient (Wildman–Crippen LogP) is 4.69. The molecule has 0 aliphatic heterocycles. The molecule has 0 spiro atoms. The Hall–Kier alpha value is -4.05. The monoisotopic (exact) mass is 523 g/mol. The van der Waals surface area contributed by atoms with E-state index < -0.39 is 46.9 Å². The molecule has 0 saturated carbocycles. The second-order valence-electron chi connectivity index (χ2n) is 8.13. The fourth-order valence-electron chi connectivity index (χ4n) is 3.61. The van der Waals surface area contributed by atoms with Gasteiger partial charge in [0.25, 0.3) is 0 Å². The normalized spacial score (nSPS) is 17.5. The zero-order valence-electron chi connectivity index (χ0n) is 18.6. The van der Waals surface area contributed by atoms with Crippen LogP contribution < -0.4 is 0 Å². The van der Waals surface area contributed by atoms with Gasteiger partial charge in [-0.25, -0.2) is 13.5 Å². The summed E-state index contributed by atoms with van der Waals surface area (Å²) in [5, 5.41) is 21.1. The van der Waals surface area contributed by atoms with Crippen LogP contribution in [0.1, 0.15) is 28.8 Å². The Balaban J connectivity index is 1.69. The molecule has 1 aromatic carbocycles. The van der Waals surface area contributed by atoms with E-state index in [1.807, 2.05) is 0 Å². The molecule has 0 saturated heterocycles. The van der Waals surface area contributed by atoms with Gasteiger partial charge < -0.3 is 5.11 Å². The number of aliphatic hydroxyl groups is 1. The van der Waals surface area contributed by atoms with Crippen LogP contribution in [-0.4, -0.2) is 30.3 Å². The first kappa shape index (κ1) is 26.0. The van der Waals surface area contributed by atoms with Crippen LogP contribution in [-0.2, 0) is 24.2 Å². The SMILES string of the molecule is OC(Cn1cnnn1)(c1ccc(C(F)(F)F)cc1F)C(F)(F)c1ccc(C#CC2C=CC(F)=CC2)cn1. The summed E-state index contributed by atoms with van der Waals surface area (Å²) < 4.78 is 99.0. The Morgan fingerprint density at radius 3 is 2.43 bits per heavy atom. The minimum Gasteiger partial charge on any atom is -0.377 e. The number of alkyl halides is 5. The average Bonchev–Trinajstić information content (AvgIpc) is 3.36. The number of allylic oxidation sites excluding steroid dienone is 4. The molecule has 1 aliphatic carbocycles. The molecular formula is C24H16F7N5O. The second kappa shape index (κ2) is 9.78. The van der Waals surface area contributed by atoms with Crippen molar-refractivity contribution in [3.63, 3.8) is 0 Å². The Kier molecular flexibility index (Phi) is 6.88. The average molecular weight is 523 g/mol. The molecule has 2 heterocycles. The van der Waals surface area contributed by atoms with Crippen molar-refractivity contribution < 1.29 is 35.8 Å². The lowest BCUT2D eigenvalue weighted by Gasteiger charge is -2.35. The third-order valence-corrected chi connectivity index (χ3v) is 5.59. The van der Waals surface area contributed by atoms with E-state index in [9.17, 15) is 27.1 Å². The van der Waals surface area contributed by atoms with Gasteiger partial charge in [-0.1, -0.05) is 24.0 Å². The van der Waals surface area contributed by atoms with Gasteiger partial charge in [0, 0.05) is 23.2 Å². The molecule has 0 amide bonds. The Labute approximate surface area is 205 Å². The summed E-state index contributed by atoms with van der Waals surface area (Å²) in [5.74, 6) is -1.16. The highest BCUT2D eigenvalue weighted by molar-refractivity contribution is 5.38. The minimum atomic E-state index is -4.94. The standard InChI is InChI=1S/C24H16F7N5O/c25-18-7-3-15(4-8-18)1-2-16-5-10-21(32-12-16)23(27,28)22(37,13-36-14-33-34-35-36)19-9-6-17(11-20(19)26)24(29,30)31/h3,5-12,14-15,37H,4,13H2. The van der Waals surface area contributed by atoms with Crippen LogP contribution in [0.4, 0.5) is 30.7 Å². The second-order valence-corrected chi connectivity index (χ2v) is 8.13. The van der Waals surface area contributed by atoms with Crippen LogP contribution in [0.5, 0.6) is 0 Å². The van der Waals surface area contributed by atoms with E-state index in [1.54, 1.807) is 6.08 Å². The van der Waals surface area contributed by atoms with Gasteiger partial charge in [0.15, 0.2) is 5.60 Å². The highest BCUT2D eigenvalue weighted by Crippen LogP contribution is 2.47.